The Kier molecular flexibility index (Phi) is 3.51. The van der Waals surface area contributed by atoms with Crippen molar-refractivity contribution >= 4 is 17.7 Å². The van der Waals surface area contributed by atoms with Gasteiger partial charge in [-0.05, 0) is 18.6 Å². The summed E-state index contributed by atoms with van der Waals surface area (Å²) in [5.74, 6) is 2.36. The summed E-state index contributed by atoms with van der Waals surface area (Å²) in [6.07, 6.45) is 2.27. The van der Waals surface area contributed by atoms with Crippen LogP contribution in [0.1, 0.15) is 12.8 Å². The molecule has 1 aliphatic rings. The first-order chi connectivity index (χ1) is 5.33. The van der Waals surface area contributed by atoms with Crippen LogP contribution in [0.15, 0.2) is 4.99 Å². The first-order valence-corrected chi connectivity index (χ1v) is 4.79. The minimum atomic E-state index is 0.123. The molecule has 0 spiro atoms. The topological polar surface area (TPSA) is 70.6 Å². The van der Waals surface area contributed by atoms with Gasteiger partial charge in [0.05, 0.1) is 6.04 Å². The number of hydroxylamine groups is 1. The van der Waals surface area contributed by atoms with Crippen molar-refractivity contribution in [1.29, 1.82) is 0 Å². The Morgan fingerprint density at radius 2 is 2.55 bits per heavy atom. The van der Waals surface area contributed by atoms with Crippen molar-refractivity contribution in [2.45, 2.75) is 18.9 Å². The highest BCUT2D eigenvalue weighted by Gasteiger charge is 2.12. The maximum Gasteiger partial charge on any atom is 0.213 e. The third kappa shape index (κ3) is 2.98. The minimum absolute atomic E-state index is 0.123. The molecule has 1 rings (SSSR count). The molecule has 0 aromatic heterocycles. The highest BCUT2D eigenvalue weighted by Crippen LogP contribution is 2.19. The van der Waals surface area contributed by atoms with Gasteiger partial charge in [0.25, 0.3) is 0 Å². The molecule has 0 bridgehead atoms. The Morgan fingerprint density at radius 3 is 3.09 bits per heavy atom. The zero-order valence-corrected chi connectivity index (χ0v) is 7.10. The van der Waals surface area contributed by atoms with E-state index in [1.54, 1.807) is 0 Å². The summed E-state index contributed by atoms with van der Waals surface area (Å²) in [6.45, 7) is 0. The van der Waals surface area contributed by atoms with E-state index in [4.69, 9.17) is 10.9 Å². The number of thioether (sulfide) groups is 1. The van der Waals surface area contributed by atoms with Crippen molar-refractivity contribution in [1.82, 2.24) is 5.48 Å². The third-order valence-corrected chi connectivity index (χ3v) is 2.77. The van der Waals surface area contributed by atoms with Crippen molar-refractivity contribution in [2.75, 3.05) is 11.5 Å². The molecule has 1 atom stereocenters. The van der Waals surface area contributed by atoms with Gasteiger partial charge in [-0.3, -0.25) is 5.21 Å². The van der Waals surface area contributed by atoms with Crippen LogP contribution in [0.2, 0.25) is 0 Å². The molecule has 1 unspecified atom stereocenters. The van der Waals surface area contributed by atoms with Gasteiger partial charge in [-0.15, -0.1) is 0 Å². The van der Waals surface area contributed by atoms with Crippen molar-refractivity contribution in [3.8, 4) is 0 Å². The van der Waals surface area contributed by atoms with E-state index in [1.807, 2.05) is 17.2 Å². The molecule has 1 heterocycles. The van der Waals surface area contributed by atoms with E-state index >= 15 is 0 Å². The Morgan fingerprint density at radius 1 is 1.73 bits per heavy atom. The van der Waals surface area contributed by atoms with Gasteiger partial charge in [0, 0.05) is 5.75 Å². The predicted octanol–water partition coefficient (Wildman–Crippen LogP) is 0.175. The van der Waals surface area contributed by atoms with Gasteiger partial charge in [-0.25, -0.2) is 10.5 Å². The Hall–Kier alpha value is -0.420. The normalized spacial score (nSPS) is 26.6. The van der Waals surface area contributed by atoms with Gasteiger partial charge in [0.15, 0.2) is 0 Å². The Balaban J connectivity index is 2.34. The van der Waals surface area contributed by atoms with E-state index in [0.717, 1.165) is 12.2 Å². The molecule has 0 saturated carbocycles. The first-order valence-electron chi connectivity index (χ1n) is 3.64. The van der Waals surface area contributed by atoms with Crippen LogP contribution in [-0.2, 0) is 0 Å². The van der Waals surface area contributed by atoms with E-state index in [9.17, 15) is 0 Å². The van der Waals surface area contributed by atoms with E-state index < -0.39 is 0 Å². The largest absolute Gasteiger partial charge is 0.368 e. The summed E-state index contributed by atoms with van der Waals surface area (Å²) in [5, 5.41) is 8.35. The van der Waals surface area contributed by atoms with Crippen molar-refractivity contribution < 1.29 is 5.21 Å². The zero-order chi connectivity index (χ0) is 8.10. The van der Waals surface area contributed by atoms with Crippen LogP contribution < -0.4 is 11.2 Å². The number of aliphatic imine (C=N–C) groups is 1. The average molecular weight is 175 g/mol. The standard InChI is InChI=1S/C6H13N3OS/c7-6(9-10)8-5-2-1-3-11-4-5/h5,10H,1-4H2,(H3,7,8,9). The molecule has 0 aromatic carbocycles. The lowest BCUT2D eigenvalue weighted by atomic mass is 10.2. The maximum atomic E-state index is 8.35. The molecule has 0 aromatic rings. The van der Waals surface area contributed by atoms with Crippen LogP contribution in [-0.4, -0.2) is 28.7 Å². The van der Waals surface area contributed by atoms with Crippen molar-refractivity contribution in [2.24, 2.45) is 10.7 Å². The number of hydrogen-bond acceptors (Lipinski definition) is 3. The lowest BCUT2D eigenvalue weighted by Gasteiger charge is -2.17. The number of nitrogens with zero attached hydrogens (tertiary/aromatic N) is 1. The molecule has 4 N–H and O–H groups in total. The molecule has 64 valence electrons. The fourth-order valence-corrected chi connectivity index (χ4v) is 2.10. The van der Waals surface area contributed by atoms with Crippen LogP contribution in [0.4, 0.5) is 0 Å². The van der Waals surface area contributed by atoms with E-state index in [-0.39, 0.29) is 12.0 Å². The lowest BCUT2D eigenvalue weighted by Crippen LogP contribution is -2.31. The molecule has 1 aliphatic heterocycles. The number of hydrogen-bond donors (Lipinski definition) is 3. The molecule has 0 amide bonds. The Labute approximate surface area is 70.2 Å². The number of nitrogens with two attached hydrogens (primary N) is 1. The van der Waals surface area contributed by atoms with E-state index in [0.29, 0.717) is 0 Å². The fraction of sp³-hybridized carbons (Fsp3) is 0.833. The lowest BCUT2D eigenvalue weighted by molar-refractivity contribution is 0.232. The summed E-state index contributed by atoms with van der Waals surface area (Å²) in [7, 11) is 0. The van der Waals surface area contributed by atoms with Crippen LogP contribution in [0.5, 0.6) is 0 Å². The summed E-state index contributed by atoms with van der Waals surface area (Å²) >= 11 is 1.88. The van der Waals surface area contributed by atoms with Gasteiger partial charge in [0.2, 0.25) is 5.96 Å². The Bertz CT molecular complexity index is 145. The van der Waals surface area contributed by atoms with Crippen LogP contribution in [0.25, 0.3) is 0 Å². The van der Waals surface area contributed by atoms with E-state index in [1.165, 1.54) is 12.2 Å². The second-order valence-electron chi connectivity index (χ2n) is 2.50. The molecular formula is C6H13N3OS. The highest BCUT2D eigenvalue weighted by atomic mass is 32.2. The second-order valence-corrected chi connectivity index (χ2v) is 3.65. The summed E-state index contributed by atoms with van der Waals surface area (Å²) in [5.41, 5.74) is 7.11. The molecule has 0 aliphatic carbocycles. The van der Waals surface area contributed by atoms with Gasteiger partial charge < -0.3 is 5.73 Å². The summed E-state index contributed by atoms with van der Waals surface area (Å²) < 4.78 is 0. The molecule has 5 heteroatoms. The number of nitrogens with one attached hydrogen (secondary N) is 1. The maximum absolute atomic E-state index is 8.35. The molecular weight excluding hydrogens is 162 g/mol. The van der Waals surface area contributed by atoms with Crippen LogP contribution in [0, 0.1) is 0 Å². The predicted molar refractivity (Wildman–Crippen MR) is 46.9 cm³/mol. The molecule has 4 nitrogen and oxygen atoms in total. The van der Waals surface area contributed by atoms with E-state index in [2.05, 4.69) is 4.99 Å². The quantitative estimate of drug-likeness (QED) is 0.302. The van der Waals surface area contributed by atoms with Crippen LogP contribution in [0.3, 0.4) is 0 Å². The zero-order valence-electron chi connectivity index (χ0n) is 6.29. The fourth-order valence-electron chi connectivity index (χ4n) is 1.05. The van der Waals surface area contributed by atoms with Gasteiger partial charge in [-0.2, -0.15) is 11.8 Å². The van der Waals surface area contributed by atoms with Gasteiger partial charge in [-0.1, -0.05) is 0 Å². The van der Waals surface area contributed by atoms with Gasteiger partial charge >= 0.3 is 0 Å². The monoisotopic (exact) mass is 175 g/mol. The average Bonchev–Trinajstić information content (AvgIpc) is 2.06. The third-order valence-electron chi connectivity index (χ3n) is 1.57. The van der Waals surface area contributed by atoms with Crippen molar-refractivity contribution in [3.63, 3.8) is 0 Å². The highest BCUT2D eigenvalue weighted by molar-refractivity contribution is 7.99. The molecule has 1 fully saturated rings. The second kappa shape index (κ2) is 4.46. The number of rotatable bonds is 1. The first kappa shape index (κ1) is 8.67. The molecule has 11 heavy (non-hydrogen) atoms. The van der Waals surface area contributed by atoms with Crippen molar-refractivity contribution in [3.05, 3.63) is 0 Å². The SMILES string of the molecule is NC(=NC1CCCSC1)NO. The smallest absolute Gasteiger partial charge is 0.213 e. The molecule has 1 saturated heterocycles. The summed E-state index contributed by atoms with van der Waals surface area (Å²) in [6, 6.07) is 0.286. The summed E-state index contributed by atoms with van der Waals surface area (Å²) in [4.78, 5) is 4.07. The molecule has 0 radical (unpaired) electrons. The number of guanidine groups is 1. The van der Waals surface area contributed by atoms with Gasteiger partial charge in [0.1, 0.15) is 0 Å². The van der Waals surface area contributed by atoms with Crippen LogP contribution >= 0.6 is 11.8 Å². The minimum Gasteiger partial charge on any atom is -0.368 e.